The maximum absolute atomic E-state index is 5.45. The third-order valence-electron chi connectivity index (χ3n) is 9.01. The summed E-state index contributed by atoms with van der Waals surface area (Å²) in [4.78, 5) is 16.3. The summed E-state index contributed by atoms with van der Waals surface area (Å²) in [6, 6.07) is 47.3. The number of fused-ring (bicyclic) bond motifs is 12. The van der Waals surface area contributed by atoms with E-state index in [2.05, 4.69) is 127 Å². The van der Waals surface area contributed by atoms with Gasteiger partial charge in [-0.3, -0.25) is 0 Å². The SMILES string of the molecule is c1cc2nc(c1)C1c3cccc(n3)C3c4cccc(n4)C2c2cccc[c]2[In]([c]2ccccc21)[c]1ccccc13. The third-order valence-corrected chi connectivity index (χ3v) is 18.8. The molecule has 0 amide bonds. The van der Waals surface area contributed by atoms with E-state index in [-0.39, 0.29) is 17.8 Å². The molecule has 4 heteroatoms. The summed E-state index contributed by atoms with van der Waals surface area (Å²) < 4.78 is 4.56. The van der Waals surface area contributed by atoms with Crippen LogP contribution in [0, 0.1) is 0 Å². The van der Waals surface area contributed by atoms with E-state index >= 15 is 0 Å². The molecule has 3 aromatic carbocycles. The van der Waals surface area contributed by atoms with Gasteiger partial charge >= 0.3 is 242 Å². The number of hydrogen-bond donors (Lipinski definition) is 0. The van der Waals surface area contributed by atoms with Gasteiger partial charge in [-0.15, -0.1) is 0 Å². The van der Waals surface area contributed by atoms with Gasteiger partial charge in [-0.2, -0.15) is 0 Å². The van der Waals surface area contributed by atoms with Crippen LogP contribution in [0.2, 0.25) is 0 Å². The fourth-order valence-corrected chi connectivity index (χ4v) is 18.0. The van der Waals surface area contributed by atoms with Crippen molar-refractivity contribution >= 4 is 31.4 Å². The number of benzene rings is 3. The molecule has 186 valence electrons. The number of rotatable bonds is 0. The van der Waals surface area contributed by atoms with Crippen LogP contribution in [0.4, 0.5) is 0 Å². The minimum atomic E-state index is -3.02. The van der Waals surface area contributed by atoms with E-state index in [4.69, 9.17) is 15.0 Å². The molecule has 40 heavy (non-hydrogen) atoms. The van der Waals surface area contributed by atoms with Crippen LogP contribution in [-0.4, -0.2) is 36.4 Å². The van der Waals surface area contributed by atoms with Gasteiger partial charge in [-0.1, -0.05) is 0 Å². The van der Waals surface area contributed by atoms with Crippen molar-refractivity contribution in [2.45, 2.75) is 17.8 Å². The van der Waals surface area contributed by atoms with Crippen LogP contribution in [0.25, 0.3) is 0 Å². The van der Waals surface area contributed by atoms with Gasteiger partial charge in [0.25, 0.3) is 0 Å². The predicted molar refractivity (Wildman–Crippen MR) is 160 cm³/mol. The Bertz CT molecular complexity index is 1680. The second-order valence-electron chi connectivity index (χ2n) is 11.1. The summed E-state index contributed by atoms with van der Waals surface area (Å²) in [6.45, 7) is 0. The zero-order chi connectivity index (χ0) is 26.2. The van der Waals surface area contributed by atoms with Crippen LogP contribution in [0.15, 0.2) is 127 Å². The second kappa shape index (κ2) is 8.74. The number of aromatic nitrogens is 3. The van der Waals surface area contributed by atoms with Crippen LogP contribution in [0.1, 0.15) is 68.6 Å². The Hall–Kier alpha value is -4.02. The molecular weight excluding hydrogens is 589 g/mol. The Morgan fingerprint density at radius 3 is 0.900 bits per heavy atom. The van der Waals surface area contributed by atoms with Crippen LogP contribution >= 0.6 is 0 Å². The Morgan fingerprint density at radius 1 is 0.325 bits per heavy atom. The van der Waals surface area contributed by atoms with E-state index in [1.165, 1.54) is 26.7 Å². The van der Waals surface area contributed by atoms with Gasteiger partial charge in [0.1, 0.15) is 0 Å². The normalized spacial score (nSPS) is 19.2. The summed E-state index contributed by atoms with van der Waals surface area (Å²) in [7, 11) is 0. The van der Waals surface area contributed by atoms with Gasteiger partial charge in [-0.05, 0) is 0 Å². The average Bonchev–Trinajstić information content (AvgIpc) is 3.00. The molecule has 0 unspecified atom stereocenters. The topological polar surface area (TPSA) is 38.7 Å². The third kappa shape index (κ3) is 3.23. The first-order valence-corrected chi connectivity index (χ1v) is 19.0. The number of pyridine rings is 3. The Labute approximate surface area is 241 Å². The van der Waals surface area contributed by atoms with Crippen molar-refractivity contribution in [3.05, 3.63) is 178 Å². The fraction of sp³-hybridized carbons (Fsp3) is 0.0833. The molecule has 0 saturated heterocycles. The first-order valence-electron chi connectivity index (χ1n) is 14.0. The Kier molecular flexibility index (Phi) is 4.97. The molecule has 6 aromatic rings. The van der Waals surface area contributed by atoms with E-state index < -0.39 is 21.4 Å². The Morgan fingerprint density at radius 2 is 0.600 bits per heavy atom. The van der Waals surface area contributed by atoms with Gasteiger partial charge in [-0.25, -0.2) is 0 Å². The molecule has 6 heterocycles. The predicted octanol–water partition coefficient (Wildman–Crippen LogP) is 4.87. The molecule has 0 radical (unpaired) electrons. The van der Waals surface area contributed by atoms with Gasteiger partial charge in [0.05, 0.1) is 0 Å². The van der Waals surface area contributed by atoms with Crippen molar-refractivity contribution in [2.75, 3.05) is 0 Å². The number of nitrogens with zero attached hydrogens (tertiary/aromatic N) is 3. The quantitative estimate of drug-likeness (QED) is 0.245. The molecule has 3 aromatic heterocycles. The molecule has 3 aliphatic rings. The van der Waals surface area contributed by atoms with Crippen molar-refractivity contribution in [2.24, 2.45) is 0 Å². The van der Waals surface area contributed by atoms with Crippen LogP contribution in [0.5, 0.6) is 0 Å². The molecule has 0 fully saturated rings. The first-order chi connectivity index (χ1) is 19.8. The second-order valence-corrected chi connectivity index (χ2v) is 18.9. The fourth-order valence-electron chi connectivity index (χ4n) is 7.39. The average molecular weight is 613 g/mol. The van der Waals surface area contributed by atoms with Gasteiger partial charge < -0.3 is 0 Å². The first kappa shape index (κ1) is 22.8. The molecule has 0 spiro atoms. The van der Waals surface area contributed by atoms with Gasteiger partial charge in [0.15, 0.2) is 0 Å². The molecule has 0 atom stereocenters. The molecular formula is C36H24InN3. The van der Waals surface area contributed by atoms with Gasteiger partial charge in [0, 0.05) is 0 Å². The zero-order valence-corrected chi connectivity index (χ0v) is 25.1. The molecule has 0 N–H and O–H groups in total. The molecule has 3 aliphatic heterocycles. The van der Waals surface area contributed by atoms with Crippen LogP contribution < -0.4 is 9.96 Å². The van der Waals surface area contributed by atoms with Crippen LogP contribution in [-0.2, 0) is 0 Å². The molecule has 3 nitrogen and oxygen atoms in total. The van der Waals surface area contributed by atoms with Crippen LogP contribution in [0.3, 0.4) is 0 Å². The maximum atomic E-state index is 5.45. The van der Waals surface area contributed by atoms with Crippen molar-refractivity contribution in [1.29, 1.82) is 0 Å². The minimum absolute atomic E-state index is 0.0298. The van der Waals surface area contributed by atoms with E-state index in [1.54, 1.807) is 0 Å². The summed E-state index contributed by atoms with van der Waals surface area (Å²) >= 11 is -3.02. The monoisotopic (exact) mass is 613 g/mol. The Balaban J connectivity index is 1.58. The molecule has 0 aliphatic carbocycles. The van der Waals surface area contributed by atoms with Crippen molar-refractivity contribution in [1.82, 2.24) is 15.0 Å². The molecule has 10 bridgehead atoms. The zero-order valence-electron chi connectivity index (χ0n) is 21.8. The van der Waals surface area contributed by atoms with E-state index in [0.717, 1.165) is 34.2 Å². The molecule has 9 rings (SSSR count). The van der Waals surface area contributed by atoms with E-state index in [0.29, 0.717) is 0 Å². The van der Waals surface area contributed by atoms with Gasteiger partial charge in [0.2, 0.25) is 0 Å². The molecule has 0 saturated carbocycles. The number of hydrogen-bond acceptors (Lipinski definition) is 3. The summed E-state index contributed by atoms with van der Waals surface area (Å²) in [6.07, 6.45) is 0. The standard InChI is InChI=1S/C36H24N3.In/c1-4-13-25(14-5-1)34-28-19-10-21-30(37-28)35(26-15-6-2-7-16-26)32-23-12-24-33(39-32)36(27-17-8-3-9-18-27)31-22-11-20-29(34)38-31;/h1-13,15,17,19-24,34-36H;. The van der Waals surface area contributed by atoms with E-state index in [9.17, 15) is 0 Å². The van der Waals surface area contributed by atoms with Crippen molar-refractivity contribution < 1.29 is 0 Å². The van der Waals surface area contributed by atoms with E-state index in [1.807, 2.05) is 0 Å². The van der Waals surface area contributed by atoms with Crippen molar-refractivity contribution in [3.63, 3.8) is 0 Å². The summed E-state index contributed by atoms with van der Waals surface area (Å²) in [5.41, 5.74) is 10.4. The summed E-state index contributed by atoms with van der Waals surface area (Å²) in [5, 5.41) is 0. The van der Waals surface area contributed by atoms with Crippen molar-refractivity contribution in [3.8, 4) is 0 Å². The summed E-state index contributed by atoms with van der Waals surface area (Å²) in [5.74, 6) is -0.0893.